The van der Waals surface area contributed by atoms with Crippen molar-refractivity contribution in [2.24, 2.45) is 5.16 Å². The molecule has 0 saturated heterocycles. The molecule has 1 aromatic rings. The SMILES string of the molecule is O=C(O)/C(=N\O)c1cscn1. The topological polar surface area (TPSA) is 82.8 Å². The van der Waals surface area contributed by atoms with E-state index in [2.05, 4.69) is 10.1 Å². The second-order valence-corrected chi connectivity index (χ2v) is 2.35. The zero-order chi connectivity index (χ0) is 8.27. The third-order valence-corrected chi connectivity index (χ3v) is 1.56. The molecule has 0 fully saturated rings. The Labute approximate surface area is 65.6 Å². The number of aromatic nitrogens is 1. The molecule has 0 atom stereocenters. The van der Waals surface area contributed by atoms with Crippen LogP contribution in [0.1, 0.15) is 5.69 Å². The molecule has 2 N–H and O–H groups in total. The molecule has 0 unspecified atom stereocenters. The molecule has 0 saturated carbocycles. The summed E-state index contributed by atoms with van der Waals surface area (Å²) in [6, 6.07) is 0. The predicted molar refractivity (Wildman–Crippen MR) is 38.1 cm³/mol. The number of carbonyl (C=O) groups is 1. The fraction of sp³-hybridized carbons (Fsp3) is 0. The Hall–Kier alpha value is -1.43. The monoisotopic (exact) mass is 172 g/mol. The van der Waals surface area contributed by atoms with E-state index in [0.717, 1.165) is 0 Å². The van der Waals surface area contributed by atoms with Crippen molar-refractivity contribution in [3.8, 4) is 0 Å². The molecule has 1 rings (SSSR count). The number of carboxylic acids is 1. The number of hydrogen-bond acceptors (Lipinski definition) is 5. The van der Waals surface area contributed by atoms with E-state index in [1.807, 2.05) is 0 Å². The minimum Gasteiger partial charge on any atom is -0.476 e. The normalized spacial score (nSPS) is 11.5. The maximum Gasteiger partial charge on any atom is 0.360 e. The van der Waals surface area contributed by atoms with Crippen LogP contribution >= 0.6 is 11.3 Å². The number of hydrogen-bond donors (Lipinski definition) is 2. The lowest BCUT2D eigenvalue weighted by atomic mass is 10.3. The zero-order valence-electron chi connectivity index (χ0n) is 5.26. The van der Waals surface area contributed by atoms with Gasteiger partial charge in [0.2, 0.25) is 5.71 Å². The van der Waals surface area contributed by atoms with Crippen molar-refractivity contribution >= 4 is 23.0 Å². The molecule has 11 heavy (non-hydrogen) atoms. The van der Waals surface area contributed by atoms with Crippen LogP contribution < -0.4 is 0 Å². The van der Waals surface area contributed by atoms with E-state index >= 15 is 0 Å². The minimum absolute atomic E-state index is 0.171. The maximum atomic E-state index is 10.3. The summed E-state index contributed by atoms with van der Waals surface area (Å²) in [7, 11) is 0. The highest BCUT2D eigenvalue weighted by Gasteiger charge is 2.14. The van der Waals surface area contributed by atoms with Crippen molar-refractivity contribution in [3.05, 3.63) is 16.6 Å². The fourth-order valence-corrected chi connectivity index (χ4v) is 1.07. The van der Waals surface area contributed by atoms with Gasteiger partial charge in [0, 0.05) is 5.38 Å². The number of thiazole rings is 1. The van der Waals surface area contributed by atoms with Crippen LogP contribution in [-0.2, 0) is 4.79 Å². The highest BCUT2D eigenvalue weighted by molar-refractivity contribution is 7.07. The van der Waals surface area contributed by atoms with Gasteiger partial charge in [0.05, 0.1) is 5.51 Å². The summed E-state index contributed by atoms with van der Waals surface area (Å²) in [6.45, 7) is 0. The molecule has 6 heteroatoms. The van der Waals surface area contributed by atoms with Gasteiger partial charge in [0.1, 0.15) is 5.69 Å². The van der Waals surface area contributed by atoms with E-state index in [4.69, 9.17) is 10.3 Å². The average molecular weight is 172 g/mol. The molecular formula is C5H4N2O3S. The summed E-state index contributed by atoms with van der Waals surface area (Å²) in [5.74, 6) is -1.29. The summed E-state index contributed by atoms with van der Waals surface area (Å²) in [4.78, 5) is 14.0. The van der Waals surface area contributed by atoms with Crippen molar-refractivity contribution < 1.29 is 15.1 Å². The Kier molecular flexibility index (Phi) is 2.17. The Balaban J connectivity index is 2.99. The molecule has 0 radical (unpaired) electrons. The van der Waals surface area contributed by atoms with Gasteiger partial charge in [0.25, 0.3) is 0 Å². The van der Waals surface area contributed by atoms with E-state index in [0.29, 0.717) is 0 Å². The lowest BCUT2D eigenvalue weighted by Crippen LogP contribution is -2.14. The van der Waals surface area contributed by atoms with Gasteiger partial charge < -0.3 is 10.3 Å². The number of nitrogens with zero attached hydrogens (tertiary/aromatic N) is 2. The summed E-state index contributed by atoms with van der Waals surface area (Å²) < 4.78 is 0. The highest BCUT2D eigenvalue weighted by Crippen LogP contribution is 2.02. The van der Waals surface area contributed by atoms with Gasteiger partial charge in [-0.2, -0.15) is 0 Å². The van der Waals surface area contributed by atoms with Crippen LogP contribution in [0.5, 0.6) is 0 Å². The first-order chi connectivity index (χ1) is 5.25. The van der Waals surface area contributed by atoms with Gasteiger partial charge in [-0.05, 0) is 0 Å². The molecule has 0 aliphatic rings. The van der Waals surface area contributed by atoms with E-state index in [1.54, 1.807) is 0 Å². The largest absolute Gasteiger partial charge is 0.476 e. The highest BCUT2D eigenvalue weighted by atomic mass is 32.1. The van der Waals surface area contributed by atoms with Crippen LogP contribution in [0, 0.1) is 0 Å². The van der Waals surface area contributed by atoms with Crippen molar-refractivity contribution in [2.45, 2.75) is 0 Å². The van der Waals surface area contributed by atoms with E-state index in [1.165, 1.54) is 22.2 Å². The number of oxime groups is 1. The quantitative estimate of drug-likeness (QED) is 0.384. The molecule has 0 aliphatic heterocycles. The van der Waals surface area contributed by atoms with E-state index < -0.39 is 11.7 Å². The number of rotatable bonds is 2. The molecule has 1 aromatic heterocycles. The smallest absolute Gasteiger partial charge is 0.360 e. The first kappa shape index (κ1) is 7.67. The molecule has 5 nitrogen and oxygen atoms in total. The van der Waals surface area contributed by atoms with Crippen LogP contribution in [0.3, 0.4) is 0 Å². The lowest BCUT2D eigenvalue weighted by Gasteiger charge is -1.90. The predicted octanol–water partition coefficient (Wildman–Crippen LogP) is 0.406. The summed E-state index contributed by atoms with van der Waals surface area (Å²) in [5.41, 5.74) is 1.19. The zero-order valence-corrected chi connectivity index (χ0v) is 6.08. The van der Waals surface area contributed by atoms with Gasteiger partial charge in [-0.25, -0.2) is 9.78 Å². The first-order valence-corrected chi connectivity index (χ1v) is 3.54. The van der Waals surface area contributed by atoms with Crippen molar-refractivity contribution in [1.29, 1.82) is 0 Å². The van der Waals surface area contributed by atoms with Crippen LogP contribution in [-0.4, -0.2) is 27.0 Å². The molecular weight excluding hydrogens is 168 g/mol. The van der Waals surface area contributed by atoms with Crippen molar-refractivity contribution in [1.82, 2.24) is 4.98 Å². The van der Waals surface area contributed by atoms with Crippen molar-refractivity contribution in [2.75, 3.05) is 0 Å². The van der Waals surface area contributed by atoms with Crippen LogP contribution in [0.15, 0.2) is 16.0 Å². The second-order valence-electron chi connectivity index (χ2n) is 1.63. The molecule has 0 aliphatic carbocycles. The Morgan fingerprint density at radius 2 is 2.45 bits per heavy atom. The van der Waals surface area contributed by atoms with Gasteiger partial charge in [0.15, 0.2) is 0 Å². The van der Waals surface area contributed by atoms with Gasteiger partial charge in [-0.3, -0.25) is 0 Å². The van der Waals surface area contributed by atoms with Crippen molar-refractivity contribution in [3.63, 3.8) is 0 Å². The summed E-state index contributed by atoms with van der Waals surface area (Å²) in [6.07, 6.45) is 0. The van der Waals surface area contributed by atoms with Crippen LogP contribution in [0.25, 0.3) is 0 Å². The number of aliphatic carboxylic acids is 1. The van der Waals surface area contributed by atoms with Crippen LogP contribution in [0.2, 0.25) is 0 Å². The standard InChI is InChI=1S/C5H4N2O3S/c8-5(9)4(7-10)3-1-11-2-6-3/h1-2,10H,(H,8,9)/b7-4-. The summed E-state index contributed by atoms with van der Waals surface area (Å²) >= 11 is 1.23. The summed E-state index contributed by atoms with van der Waals surface area (Å²) in [5, 5.41) is 20.7. The Morgan fingerprint density at radius 3 is 2.82 bits per heavy atom. The van der Waals surface area contributed by atoms with E-state index in [-0.39, 0.29) is 5.69 Å². The molecule has 58 valence electrons. The first-order valence-electron chi connectivity index (χ1n) is 2.59. The third-order valence-electron chi connectivity index (χ3n) is 0.978. The van der Waals surface area contributed by atoms with Gasteiger partial charge in [-0.1, -0.05) is 5.16 Å². The van der Waals surface area contributed by atoms with Crippen LogP contribution in [0.4, 0.5) is 0 Å². The maximum absolute atomic E-state index is 10.3. The van der Waals surface area contributed by atoms with E-state index in [9.17, 15) is 4.79 Å². The average Bonchev–Trinajstić information content (AvgIpc) is 2.40. The molecule has 1 heterocycles. The molecule has 0 amide bonds. The molecule has 0 bridgehead atoms. The third kappa shape index (κ3) is 1.53. The Morgan fingerprint density at radius 1 is 1.73 bits per heavy atom. The van der Waals surface area contributed by atoms with Gasteiger partial charge in [-0.15, -0.1) is 11.3 Å². The lowest BCUT2D eigenvalue weighted by molar-refractivity contribution is -0.129. The minimum atomic E-state index is -1.29. The second kappa shape index (κ2) is 3.11. The number of carboxylic acid groups (broad SMARTS) is 1. The van der Waals surface area contributed by atoms with Gasteiger partial charge >= 0.3 is 5.97 Å². The molecule has 0 spiro atoms. The fourth-order valence-electron chi connectivity index (χ4n) is 0.533. The molecule has 0 aromatic carbocycles. The Bertz CT molecular complexity index is 280.